The van der Waals surface area contributed by atoms with Crippen molar-refractivity contribution < 1.29 is 23.6 Å². The highest BCUT2D eigenvalue weighted by atomic mass is 32.1. The number of aromatic nitrogens is 1. The number of anilines is 1. The molecule has 152 valence electrons. The van der Waals surface area contributed by atoms with Gasteiger partial charge in [-0.3, -0.25) is 4.79 Å². The Balaban J connectivity index is 1.84. The first-order valence-electron chi connectivity index (χ1n) is 8.96. The van der Waals surface area contributed by atoms with Crippen LogP contribution in [0.15, 0.2) is 28.8 Å². The Hall–Kier alpha value is -3.13. The van der Waals surface area contributed by atoms with E-state index in [1.165, 1.54) is 18.4 Å². The zero-order valence-electron chi connectivity index (χ0n) is 16.9. The standard InChI is InChI=1S/C21H22N2O5S/c1-11-8-6-7-9-16(11)27-10-15-13(3)28-23-18(15)19(24)22-20-17(21(25)26-5)12(2)14(4)29-20/h6-9H,10H2,1-5H3,(H,22,24). The summed E-state index contributed by atoms with van der Waals surface area (Å²) >= 11 is 1.31. The van der Waals surface area contributed by atoms with E-state index < -0.39 is 11.9 Å². The molecule has 0 radical (unpaired) electrons. The topological polar surface area (TPSA) is 90.7 Å². The highest BCUT2D eigenvalue weighted by Gasteiger charge is 2.25. The maximum absolute atomic E-state index is 12.9. The van der Waals surface area contributed by atoms with Gasteiger partial charge in [-0.15, -0.1) is 11.3 Å². The minimum Gasteiger partial charge on any atom is -0.488 e. The van der Waals surface area contributed by atoms with Crippen LogP contribution in [-0.4, -0.2) is 24.1 Å². The average Bonchev–Trinajstić information content (AvgIpc) is 3.20. The summed E-state index contributed by atoms with van der Waals surface area (Å²) in [6.07, 6.45) is 0. The Kier molecular flexibility index (Phi) is 6.03. The summed E-state index contributed by atoms with van der Waals surface area (Å²) in [5.74, 6) is 0.241. The van der Waals surface area contributed by atoms with Crippen molar-refractivity contribution in [1.82, 2.24) is 5.16 Å². The van der Waals surface area contributed by atoms with E-state index in [-0.39, 0.29) is 12.3 Å². The number of benzene rings is 1. The highest BCUT2D eigenvalue weighted by molar-refractivity contribution is 7.16. The van der Waals surface area contributed by atoms with E-state index in [2.05, 4.69) is 10.5 Å². The van der Waals surface area contributed by atoms with Crippen LogP contribution in [0, 0.1) is 27.7 Å². The van der Waals surface area contributed by atoms with Crippen molar-refractivity contribution in [3.8, 4) is 5.75 Å². The summed E-state index contributed by atoms with van der Waals surface area (Å²) in [5, 5.41) is 7.08. The molecule has 0 spiro atoms. The van der Waals surface area contributed by atoms with Gasteiger partial charge in [-0.2, -0.15) is 0 Å². The van der Waals surface area contributed by atoms with Crippen molar-refractivity contribution in [2.24, 2.45) is 0 Å². The number of nitrogens with one attached hydrogen (secondary N) is 1. The van der Waals surface area contributed by atoms with Crippen molar-refractivity contribution in [2.45, 2.75) is 34.3 Å². The molecule has 0 fully saturated rings. The molecule has 8 heteroatoms. The molecule has 2 aromatic heterocycles. The number of hydrogen-bond acceptors (Lipinski definition) is 7. The molecular weight excluding hydrogens is 392 g/mol. The van der Waals surface area contributed by atoms with Crippen LogP contribution in [0.5, 0.6) is 5.75 Å². The minimum atomic E-state index is -0.499. The Morgan fingerprint density at radius 2 is 1.90 bits per heavy atom. The van der Waals surface area contributed by atoms with Crippen LogP contribution in [0.4, 0.5) is 5.00 Å². The lowest BCUT2D eigenvalue weighted by atomic mass is 10.1. The van der Waals surface area contributed by atoms with Crippen molar-refractivity contribution in [1.29, 1.82) is 0 Å². The number of carbonyl (C=O) groups excluding carboxylic acids is 2. The molecule has 0 bridgehead atoms. The lowest BCUT2D eigenvalue weighted by Crippen LogP contribution is -2.17. The fourth-order valence-corrected chi connectivity index (χ4v) is 3.88. The minimum absolute atomic E-state index is 0.121. The molecule has 29 heavy (non-hydrogen) atoms. The van der Waals surface area contributed by atoms with Crippen molar-refractivity contribution in [3.63, 3.8) is 0 Å². The molecule has 1 aromatic carbocycles. The number of hydrogen-bond donors (Lipinski definition) is 1. The molecule has 0 aliphatic rings. The van der Waals surface area contributed by atoms with Crippen LogP contribution >= 0.6 is 11.3 Å². The molecule has 0 saturated heterocycles. The van der Waals surface area contributed by atoms with Crippen LogP contribution in [0.1, 0.15) is 48.2 Å². The predicted molar refractivity (Wildman–Crippen MR) is 110 cm³/mol. The summed E-state index contributed by atoms with van der Waals surface area (Å²) in [7, 11) is 1.31. The van der Waals surface area contributed by atoms with Crippen molar-refractivity contribution in [3.05, 3.63) is 62.9 Å². The van der Waals surface area contributed by atoms with Gasteiger partial charge in [0, 0.05) is 4.88 Å². The molecule has 1 N–H and O–H groups in total. The molecule has 3 aromatic rings. The maximum Gasteiger partial charge on any atom is 0.341 e. The van der Waals surface area contributed by atoms with Crippen LogP contribution < -0.4 is 10.1 Å². The monoisotopic (exact) mass is 414 g/mol. The van der Waals surface area contributed by atoms with Gasteiger partial charge in [0.1, 0.15) is 23.1 Å². The number of esters is 1. The van der Waals surface area contributed by atoms with Crippen LogP contribution in [0.25, 0.3) is 0 Å². The number of rotatable bonds is 6. The third-order valence-electron chi connectivity index (χ3n) is 4.67. The molecule has 0 atom stereocenters. The van der Waals surface area contributed by atoms with Gasteiger partial charge in [-0.25, -0.2) is 4.79 Å². The fourth-order valence-electron chi connectivity index (χ4n) is 2.83. The fraction of sp³-hybridized carbons (Fsp3) is 0.286. The zero-order chi connectivity index (χ0) is 21.1. The lowest BCUT2D eigenvalue weighted by Gasteiger charge is -2.09. The second-order valence-corrected chi connectivity index (χ2v) is 7.78. The van der Waals surface area contributed by atoms with Gasteiger partial charge in [0.15, 0.2) is 5.69 Å². The smallest absolute Gasteiger partial charge is 0.341 e. The maximum atomic E-state index is 12.9. The summed E-state index contributed by atoms with van der Waals surface area (Å²) in [6.45, 7) is 7.49. The first-order chi connectivity index (χ1) is 13.8. The van der Waals surface area contributed by atoms with Gasteiger partial charge in [0.2, 0.25) is 0 Å². The second-order valence-electron chi connectivity index (χ2n) is 6.55. The third-order valence-corrected chi connectivity index (χ3v) is 5.79. The number of aryl methyl sites for hydroxylation is 3. The van der Waals surface area contributed by atoms with Crippen molar-refractivity contribution in [2.75, 3.05) is 12.4 Å². The number of amides is 1. The lowest BCUT2D eigenvalue weighted by molar-refractivity contribution is 0.0601. The number of thiophene rings is 1. The van der Waals surface area contributed by atoms with E-state index in [0.717, 1.165) is 21.8 Å². The van der Waals surface area contributed by atoms with Crippen LogP contribution in [0.3, 0.4) is 0 Å². The Morgan fingerprint density at radius 1 is 1.17 bits per heavy atom. The number of methoxy groups -OCH3 is 1. The summed E-state index contributed by atoms with van der Waals surface area (Å²) in [6, 6.07) is 7.61. The molecule has 2 heterocycles. The van der Waals surface area contributed by atoms with Crippen LogP contribution in [0.2, 0.25) is 0 Å². The molecular formula is C21H22N2O5S. The largest absolute Gasteiger partial charge is 0.488 e. The Labute approximate surface area is 172 Å². The van der Waals surface area contributed by atoms with Gasteiger partial charge < -0.3 is 19.3 Å². The van der Waals surface area contributed by atoms with E-state index in [0.29, 0.717) is 21.9 Å². The van der Waals surface area contributed by atoms with Gasteiger partial charge in [-0.05, 0) is 44.9 Å². The number of para-hydroxylation sites is 1. The predicted octanol–water partition coefficient (Wildman–Crippen LogP) is 4.59. The summed E-state index contributed by atoms with van der Waals surface area (Å²) in [4.78, 5) is 25.9. The van der Waals surface area contributed by atoms with Gasteiger partial charge in [0.05, 0.1) is 18.2 Å². The van der Waals surface area contributed by atoms with Crippen molar-refractivity contribution >= 4 is 28.2 Å². The van der Waals surface area contributed by atoms with E-state index in [4.69, 9.17) is 14.0 Å². The van der Waals surface area contributed by atoms with Crippen LogP contribution in [-0.2, 0) is 11.3 Å². The highest BCUT2D eigenvalue weighted by Crippen LogP contribution is 2.33. The molecule has 7 nitrogen and oxygen atoms in total. The van der Waals surface area contributed by atoms with Gasteiger partial charge in [0.25, 0.3) is 5.91 Å². The van der Waals surface area contributed by atoms with E-state index in [1.54, 1.807) is 6.92 Å². The number of carbonyl (C=O) groups is 2. The Bertz CT molecular complexity index is 1070. The van der Waals surface area contributed by atoms with Gasteiger partial charge >= 0.3 is 5.97 Å². The molecule has 0 unspecified atom stereocenters. The number of ether oxygens (including phenoxy) is 2. The number of nitrogens with zero attached hydrogens (tertiary/aromatic N) is 1. The third kappa shape index (κ3) is 4.17. The molecule has 3 rings (SSSR count). The molecule has 1 amide bonds. The normalized spacial score (nSPS) is 10.7. The van der Waals surface area contributed by atoms with E-state index in [1.807, 2.05) is 45.0 Å². The van der Waals surface area contributed by atoms with Gasteiger partial charge in [-0.1, -0.05) is 23.4 Å². The average molecular weight is 414 g/mol. The van der Waals surface area contributed by atoms with E-state index >= 15 is 0 Å². The molecule has 0 saturated carbocycles. The quantitative estimate of drug-likeness (QED) is 0.594. The first kappa shape index (κ1) is 20.6. The molecule has 0 aliphatic carbocycles. The second kappa shape index (κ2) is 8.48. The zero-order valence-corrected chi connectivity index (χ0v) is 17.7. The Morgan fingerprint density at radius 3 is 2.59 bits per heavy atom. The van der Waals surface area contributed by atoms with E-state index in [9.17, 15) is 9.59 Å². The SMILES string of the molecule is COC(=O)c1c(NC(=O)c2noc(C)c2COc2ccccc2C)sc(C)c1C. The summed E-state index contributed by atoms with van der Waals surface area (Å²) < 4.78 is 15.9. The summed E-state index contributed by atoms with van der Waals surface area (Å²) in [5.41, 5.74) is 2.78. The first-order valence-corrected chi connectivity index (χ1v) is 9.78. The molecule has 0 aliphatic heterocycles.